The lowest BCUT2D eigenvalue weighted by atomic mass is 9.90. The Morgan fingerprint density at radius 1 is 1.19 bits per heavy atom. The molecule has 0 spiro atoms. The number of nitrogens with zero attached hydrogens (tertiary/aromatic N) is 1. The number of anilines is 1. The maximum absolute atomic E-state index is 12.7. The number of hydrogen-bond donors (Lipinski definition) is 1. The zero-order valence-electron chi connectivity index (χ0n) is 16.2. The topological polar surface area (TPSA) is 41.6 Å². The Morgan fingerprint density at radius 3 is 2.63 bits per heavy atom. The predicted octanol–water partition coefficient (Wildman–Crippen LogP) is 4.28. The number of piperidine rings is 1. The number of aryl methyl sites for hydroxylation is 1. The van der Waals surface area contributed by atoms with Gasteiger partial charge in [-0.25, -0.2) is 0 Å². The van der Waals surface area contributed by atoms with Crippen molar-refractivity contribution in [3.8, 4) is 5.75 Å². The molecule has 1 atom stereocenters. The number of fused-ring (bicyclic) bond motifs is 1. The molecular weight excluding hydrogens is 356 g/mol. The van der Waals surface area contributed by atoms with E-state index in [2.05, 4.69) is 35.3 Å². The highest BCUT2D eigenvalue weighted by Crippen LogP contribution is 2.32. The van der Waals surface area contributed by atoms with Gasteiger partial charge in [0.25, 0.3) is 5.91 Å². The van der Waals surface area contributed by atoms with E-state index in [-0.39, 0.29) is 11.9 Å². The van der Waals surface area contributed by atoms with Crippen molar-refractivity contribution in [3.63, 3.8) is 0 Å². The first-order chi connectivity index (χ1) is 13.1. The van der Waals surface area contributed by atoms with Crippen LogP contribution in [0.2, 0.25) is 0 Å². The summed E-state index contributed by atoms with van der Waals surface area (Å²) >= 11 is 1.70. The smallest absolute Gasteiger partial charge is 0.261 e. The van der Waals surface area contributed by atoms with Crippen molar-refractivity contribution in [3.05, 3.63) is 45.6 Å². The maximum atomic E-state index is 12.7. The first-order valence-electron chi connectivity index (χ1n) is 9.94. The monoisotopic (exact) mass is 384 g/mol. The Labute approximate surface area is 165 Å². The minimum Gasteiger partial charge on any atom is -0.497 e. The Bertz CT molecular complexity index is 791. The van der Waals surface area contributed by atoms with Crippen molar-refractivity contribution < 1.29 is 9.53 Å². The van der Waals surface area contributed by atoms with Crippen LogP contribution in [0.4, 0.5) is 5.69 Å². The van der Waals surface area contributed by atoms with Crippen LogP contribution in [-0.2, 0) is 12.8 Å². The fourth-order valence-corrected chi connectivity index (χ4v) is 5.26. The van der Waals surface area contributed by atoms with E-state index in [0.29, 0.717) is 0 Å². The quantitative estimate of drug-likeness (QED) is 0.855. The minimum atomic E-state index is 0.116. The number of amides is 1. The number of rotatable bonds is 4. The van der Waals surface area contributed by atoms with Gasteiger partial charge in [-0.05, 0) is 73.9 Å². The van der Waals surface area contributed by atoms with E-state index >= 15 is 0 Å². The molecule has 4 rings (SSSR count). The van der Waals surface area contributed by atoms with E-state index in [9.17, 15) is 4.79 Å². The number of carbonyl (C=O) groups excluding carboxylic acids is 1. The Hall–Kier alpha value is -2.01. The fraction of sp³-hybridized carbons (Fsp3) is 0.500. The molecule has 1 fully saturated rings. The second-order valence-electron chi connectivity index (χ2n) is 7.84. The number of hydrogen-bond acceptors (Lipinski definition) is 4. The molecule has 144 valence electrons. The normalized spacial score (nSPS) is 20.2. The molecule has 1 aromatic heterocycles. The maximum Gasteiger partial charge on any atom is 0.261 e. The number of nitrogens with one attached hydrogen (secondary N) is 1. The first-order valence-corrected chi connectivity index (χ1v) is 10.8. The molecule has 2 aromatic rings. The van der Waals surface area contributed by atoms with Crippen LogP contribution in [0.25, 0.3) is 0 Å². The number of thiophene rings is 1. The molecule has 1 unspecified atom stereocenters. The molecule has 1 N–H and O–H groups in total. The summed E-state index contributed by atoms with van der Waals surface area (Å²) < 4.78 is 5.23. The van der Waals surface area contributed by atoms with Crippen molar-refractivity contribution in [2.45, 2.75) is 45.1 Å². The molecule has 1 saturated heterocycles. The number of methoxy groups -OCH3 is 1. The lowest BCUT2D eigenvalue weighted by Gasteiger charge is -2.34. The molecule has 4 nitrogen and oxygen atoms in total. The van der Waals surface area contributed by atoms with E-state index < -0.39 is 0 Å². The standard InChI is InChI=1S/C22H28N2O2S/c1-15-3-8-20-16(13-15)14-21(27-20)22(25)23-17-9-11-24(12-10-17)18-4-6-19(26-2)7-5-18/h4-7,14-15,17H,3,8-13H2,1-2H3,(H,23,25). The highest BCUT2D eigenvalue weighted by molar-refractivity contribution is 7.14. The van der Waals surface area contributed by atoms with Crippen LogP contribution in [0.3, 0.4) is 0 Å². The van der Waals surface area contributed by atoms with E-state index in [4.69, 9.17) is 4.74 Å². The van der Waals surface area contributed by atoms with Gasteiger partial charge >= 0.3 is 0 Å². The third kappa shape index (κ3) is 4.13. The minimum absolute atomic E-state index is 0.116. The number of carbonyl (C=O) groups is 1. The summed E-state index contributed by atoms with van der Waals surface area (Å²) in [4.78, 5) is 17.4. The van der Waals surface area contributed by atoms with Gasteiger partial charge in [0.15, 0.2) is 0 Å². The van der Waals surface area contributed by atoms with Gasteiger partial charge in [0.1, 0.15) is 5.75 Å². The molecule has 27 heavy (non-hydrogen) atoms. The molecule has 0 saturated carbocycles. The summed E-state index contributed by atoms with van der Waals surface area (Å²) in [6.45, 7) is 4.24. The molecule has 1 aliphatic heterocycles. The molecule has 1 aromatic carbocycles. The van der Waals surface area contributed by atoms with Gasteiger partial charge < -0.3 is 15.0 Å². The predicted molar refractivity (Wildman–Crippen MR) is 111 cm³/mol. The Kier molecular flexibility index (Phi) is 5.39. The van der Waals surface area contributed by atoms with Crippen molar-refractivity contribution in [1.29, 1.82) is 0 Å². The number of benzene rings is 1. The summed E-state index contributed by atoms with van der Waals surface area (Å²) in [6, 6.07) is 10.6. The van der Waals surface area contributed by atoms with Crippen LogP contribution in [0.1, 0.15) is 46.3 Å². The van der Waals surface area contributed by atoms with Gasteiger partial charge in [-0.15, -0.1) is 11.3 Å². The third-order valence-corrected chi connectivity index (χ3v) is 7.06. The summed E-state index contributed by atoms with van der Waals surface area (Å²) in [5.41, 5.74) is 2.62. The summed E-state index contributed by atoms with van der Waals surface area (Å²) in [6.07, 6.45) is 5.48. The Balaban J connectivity index is 1.31. The van der Waals surface area contributed by atoms with E-state index in [1.54, 1.807) is 18.4 Å². The zero-order valence-corrected chi connectivity index (χ0v) is 17.0. The van der Waals surface area contributed by atoms with Gasteiger partial charge in [-0.3, -0.25) is 4.79 Å². The highest BCUT2D eigenvalue weighted by atomic mass is 32.1. The molecule has 1 amide bonds. The van der Waals surface area contributed by atoms with Gasteiger partial charge in [0.05, 0.1) is 12.0 Å². The molecule has 0 bridgehead atoms. The van der Waals surface area contributed by atoms with Crippen molar-refractivity contribution >= 4 is 22.9 Å². The second-order valence-corrected chi connectivity index (χ2v) is 8.98. The molecule has 2 aliphatic rings. The van der Waals surface area contributed by atoms with Gasteiger partial charge in [-0.1, -0.05) is 6.92 Å². The largest absolute Gasteiger partial charge is 0.497 e. The van der Waals surface area contributed by atoms with Crippen LogP contribution < -0.4 is 15.0 Å². The van der Waals surface area contributed by atoms with Gasteiger partial charge in [0.2, 0.25) is 0 Å². The van der Waals surface area contributed by atoms with Gasteiger partial charge in [0, 0.05) is 29.7 Å². The van der Waals surface area contributed by atoms with Crippen molar-refractivity contribution in [2.75, 3.05) is 25.1 Å². The molecular formula is C22H28N2O2S. The lowest BCUT2D eigenvalue weighted by Crippen LogP contribution is -2.44. The zero-order chi connectivity index (χ0) is 18.8. The van der Waals surface area contributed by atoms with E-state index in [1.807, 2.05) is 12.1 Å². The van der Waals surface area contributed by atoms with Gasteiger partial charge in [-0.2, -0.15) is 0 Å². The third-order valence-electron chi connectivity index (χ3n) is 5.82. The molecule has 0 radical (unpaired) electrons. The molecule has 5 heteroatoms. The first kappa shape index (κ1) is 18.4. The second kappa shape index (κ2) is 7.93. The summed E-state index contributed by atoms with van der Waals surface area (Å²) in [5, 5.41) is 3.27. The Morgan fingerprint density at radius 2 is 1.93 bits per heavy atom. The highest BCUT2D eigenvalue weighted by Gasteiger charge is 2.24. The molecule has 1 aliphatic carbocycles. The van der Waals surface area contributed by atoms with Crippen LogP contribution in [0.15, 0.2) is 30.3 Å². The van der Waals surface area contributed by atoms with E-state index in [0.717, 1.165) is 55.3 Å². The van der Waals surface area contributed by atoms with Crippen LogP contribution >= 0.6 is 11.3 Å². The summed E-state index contributed by atoms with van der Waals surface area (Å²) in [5.74, 6) is 1.74. The summed E-state index contributed by atoms with van der Waals surface area (Å²) in [7, 11) is 1.69. The molecule has 2 heterocycles. The van der Waals surface area contributed by atoms with Crippen molar-refractivity contribution in [2.24, 2.45) is 5.92 Å². The average Bonchev–Trinajstić information content (AvgIpc) is 3.12. The number of ether oxygens (including phenoxy) is 1. The van der Waals surface area contributed by atoms with Crippen LogP contribution in [-0.4, -0.2) is 32.1 Å². The fourth-order valence-electron chi connectivity index (χ4n) is 4.15. The van der Waals surface area contributed by atoms with Crippen LogP contribution in [0.5, 0.6) is 5.75 Å². The van der Waals surface area contributed by atoms with E-state index in [1.165, 1.54) is 22.5 Å². The van der Waals surface area contributed by atoms with Crippen molar-refractivity contribution in [1.82, 2.24) is 5.32 Å². The SMILES string of the molecule is COc1ccc(N2CCC(NC(=O)c3cc4c(s3)CCC(C)C4)CC2)cc1. The van der Waals surface area contributed by atoms with Crippen LogP contribution in [0, 0.1) is 5.92 Å². The lowest BCUT2D eigenvalue weighted by molar-refractivity contribution is 0.0935. The average molecular weight is 385 g/mol.